The van der Waals surface area contributed by atoms with Crippen molar-refractivity contribution in [1.82, 2.24) is 5.01 Å². The highest BCUT2D eigenvalue weighted by molar-refractivity contribution is 6.83. The second-order valence-corrected chi connectivity index (χ2v) is 12.6. The van der Waals surface area contributed by atoms with Gasteiger partial charge in [0.2, 0.25) is 0 Å². The summed E-state index contributed by atoms with van der Waals surface area (Å²) in [5, 5.41) is 10.2. The SMILES string of the molecule is CCN(CC)/N=N/c1c(C#C[Si](C)(C)C)c(F)cc(C(C)=O)c1-c1cccc(F)c1. The second kappa shape index (κ2) is 9.77. The Bertz CT molecular complexity index is 1030. The highest BCUT2D eigenvalue weighted by atomic mass is 28.3. The first-order chi connectivity index (χ1) is 14.1. The van der Waals surface area contributed by atoms with Crippen LogP contribution in [-0.2, 0) is 0 Å². The molecule has 0 aliphatic heterocycles. The van der Waals surface area contributed by atoms with Crippen LogP contribution in [0.4, 0.5) is 14.5 Å². The first-order valence-electron chi connectivity index (χ1n) is 9.90. The Morgan fingerprint density at radius 2 is 1.80 bits per heavy atom. The van der Waals surface area contributed by atoms with Gasteiger partial charge in [0.25, 0.3) is 0 Å². The quantitative estimate of drug-likeness (QED) is 0.176. The molecule has 0 fully saturated rings. The molecule has 0 aliphatic carbocycles. The van der Waals surface area contributed by atoms with Crippen molar-refractivity contribution < 1.29 is 13.6 Å². The van der Waals surface area contributed by atoms with Gasteiger partial charge in [0.05, 0.1) is 5.56 Å². The largest absolute Gasteiger partial charge is 0.294 e. The maximum atomic E-state index is 15.1. The van der Waals surface area contributed by atoms with E-state index in [2.05, 4.69) is 21.8 Å². The Morgan fingerprint density at radius 3 is 2.33 bits per heavy atom. The number of nitrogens with zero attached hydrogens (tertiary/aromatic N) is 3. The molecule has 0 heterocycles. The van der Waals surface area contributed by atoms with Gasteiger partial charge in [-0.2, -0.15) is 0 Å². The van der Waals surface area contributed by atoms with Gasteiger partial charge in [-0.05, 0) is 44.5 Å². The van der Waals surface area contributed by atoms with Crippen LogP contribution in [0.3, 0.4) is 0 Å². The summed E-state index contributed by atoms with van der Waals surface area (Å²) in [4.78, 5) is 12.3. The van der Waals surface area contributed by atoms with E-state index in [1.54, 1.807) is 11.1 Å². The summed E-state index contributed by atoms with van der Waals surface area (Å²) in [5.41, 5.74) is 4.23. The van der Waals surface area contributed by atoms with Crippen molar-refractivity contribution >= 4 is 19.5 Å². The van der Waals surface area contributed by atoms with Crippen molar-refractivity contribution in [3.05, 3.63) is 53.1 Å². The summed E-state index contributed by atoms with van der Waals surface area (Å²) in [5.74, 6) is 1.48. The summed E-state index contributed by atoms with van der Waals surface area (Å²) in [6, 6.07) is 6.97. The molecule has 0 atom stereocenters. The van der Waals surface area contributed by atoms with Gasteiger partial charge in [-0.1, -0.05) is 42.9 Å². The summed E-state index contributed by atoms with van der Waals surface area (Å²) in [6.45, 7) is 12.6. The van der Waals surface area contributed by atoms with Gasteiger partial charge in [-0.3, -0.25) is 9.80 Å². The van der Waals surface area contributed by atoms with E-state index in [0.717, 1.165) is 6.07 Å². The average molecular weight is 428 g/mol. The molecule has 0 amide bonds. The maximum Gasteiger partial charge on any atom is 0.160 e. The van der Waals surface area contributed by atoms with Crippen LogP contribution in [0.2, 0.25) is 19.6 Å². The fourth-order valence-corrected chi connectivity index (χ4v) is 3.28. The predicted octanol–water partition coefficient (Wildman–Crippen LogP) is 6.40. The zero-order valence-corrected chi connectivity index (χ0v) is 19.3. The highest BCUT2D eigenvalue weighted by Crippen LogP contribution is 2.39. The maximum absolute atomic E-state index is 15.1. The molecule has 158 valence electrons. The third-order valence-electron chi connectivity index (χ3n) is 4.31. The van der Waals surface area contributed by atoms with Crippen molar-refractivity contribution in [3.8, 4) is 22.6 Å². The number of hydrogen-bond donors (Lipinski definition) is 0. The minimum Gasteiger partial charge on any atom is -0.294 e. The molecule has 0 aromatic heterocycles. The first-order valence-corrected chi connectivity index (χ1v) is 13.4. The van der Waals surface area contributed by atoms with E-state index in [-0.39, 0.29) is 22.6 Å². The highest BCUT2D eigenvalue weighted by Gasteiger charge is 2.22. The van der Waals surface area contributed by atoms with Crippen LogP contribution >= 0.6 is 0 Å². The van der Waals surface area contributed by atoms with Crippen LogP contribution in [0.1, 0.15) is 36.7 Å². The van der Waals surface area contributed by atoms with Crippen molar-refractivity contribution in [3.63, 3.8) is 0 Å². The number of hydrogen-bond acceptors (Lipinski definition) is 3. The normalized spacial score (nSPS) is 11.3. The third-order valence-corrected chi connectivity index (χ3v) is 5.18. The molecule has 0 bridgehead atoms. The molecule has 0 saturated heterocycles. The lowest BCUT2D eigenvalue weighted by atomic mass is 9.92. The molecule has 0 radical (unpaired) electrons. The van der Waals surface area contributed by atoms with Crippen molar-refractivity contribution in [2.45, 2.75) is 40.4 Å². The Hall–Kier alpha value is -2.85. The molecule has 2 rings (SSSR count). The van der Waals surface area contributed by atoms with Gasteiger partial charge in [0.15, 0.2) is 5.78 Å². The minimum absolute atomic E-state index is 0.0672. The van der Waals surface area contributed by atoms with Crippen LogP contribution in [0, 0.1) is 23.1 Å². The number of halogens is 2. The van der Waals surface area contributed by atoms with Crippen LogP contribution in [0.15, 0.2) is 40.7 Å². The number of carbonyl (C=O) groups is 1. The summed E-state index contributed by atoms with van der Waals surface area (Å²) in [7, 11) is -1.82. The molecule has 2 aromatic carbocycles. The zero-order chi connectivity index (χ0) is 22.5. The van der Waals surface area contributed by atoms with Crippen molar-refractivity contribution in [1.29, 1.82) is 0 Å². The number of benzene rings is 2. The molecular weight excluding hydrogens is 400 g/mol. The average Bonchev–Trinajstić information content (AvgIpc) is 2.66. The van der Waals surface area contributed by atoms with Gasteiger partial charge in [0, 0.05) is 24.2 Å². The van der Waals surface area contributed by atoms with Gasteiger partial charge < -0.3 is 0 Å². The van der Waals surface area contributed by atoms with E-state index < -0.39 is 19.7 Å². The number of Topliss-reactive ketones (excluding diaryl/α,β-unsaturated/α-hetero) is 1. The Balaban J connectivity index is 2.94. The summed E-state index contributed by atoms with van der Waals surface area (Å²) < 4.78 is 29.1. The lowest BCUT2D eigenvalue weighted by Gasteiger charge is -2.16. The standard InChI is InChI=1S/C23H27F2N3OSi/c1-7-28(8-2)27-26-23-19(12-13-30(4,5)6)21(25)15-20(16(3)29)22(23)17-10-9-11-18(24)14-17/h9-11,14-15H,7-8H2,1-6H3/b27-26+. The summed E-state index contributed by atoms with van der Waals surface area (Å²) in [6.07, 6.45) is 0. The molecule has 0 spiro atoms. The molecule has 0 saturated carbocycles. The van der Waals surface area contributed by atoms with E-state index >= 15 is 4.39 Å². The van der Waals surface area contributed by atoms with E-state index in [1.165, 1.54) is 25.1 Å². The van der Waals surface area contributed by atoms with Crippen LogP contribution in [0.5, 0.6) is 0 Å². The number of ketones is 1. The van der Waals surface area contributed by atoms with E-state index in [4.69, 9.17) is 0 Å². The first kappa shape index (κ1) is 23.4. The van der Waals surface area contributed by atoms with Crippen LogP contribution < -0.4 is 0 Å². The minimum atomic E-state index is -1.82. The second-order valence-electron chi connectivity index (χ2n) is 7.90. The smallest absolute Gasteiger partial charge is 0.160 e. The number of rotatable bonds is 6. The molecule has 2 aromatic rings. The molecule has 4 nitrogen and oxygen atoms in total. The molecule has 7 heteroatoms. The van der Waals surface area contributed by atoms with Crippen LogP contribution in [-0.4, -0.2) is 32.0 Å². The van der Waals surface area contributed by atoms with E-state index in [0.29, 0.717) is 24.2 Å². The topological polar surface area (TPSA) is 45.0 Å². The number of carbonyl (C=O) groups excluding carboxylic acids is 1. The molecule has 0 unspecified atom stereocenters. The van der Waals surface area contributed by atoms with Gasteiger partial charge >= 0.3 is 0 Å². The zero-order valence-electron chi connectivity index (χ0n) is 18.3. The molecule has 30 heavy (non-hydrogen) atoms. The fourth-order valence-electron chi connectivity index (χ4n) is 2.78. The lowest BCUT2D eigenvalue weighted by molar-refractivity contribution is 0.101. The van der Waals surface area contributed by atoms with Gasteiger partial charge in [-0.25, -0.2) is 8.78 Å². The fraction of sp³-hybridized carbons (Fsp3) is 0.348. The Kier molecular flexibility index (Phi) is 7.63. The molecule has 0 aliphatic rings. The van der Waals surface area contributed by atoms with Crippen molar-refractivity contribution in [2.24, 2.45) is 10.3 Å². The van der Waals surface area contributed by atoms with E-state index in [9.17, 15) is 9.18 Å². The monoisotopic (exact) mass is 427 g/mol. The van der Waals surface area contributed by atoms with E-state index in [1.807, 2.05) is 33.5 Å². The van der Waals surface area contributed by atoms with Gasteiger partial charge in [0.1, 0.15) is 25.4 Å². The Morgan fingerprint density at radius 1 is 1.13 bits per heavy atom. The lowest BCUT2D eigenvalue weighted by Crippen LogP contribution is -2.16. The molecular formula is C23H27F2N3OSi. The third kappa shape index (κ3) is 5.83. The van der Waals surface area contributed by atoms with Crippen molar-refractivity contribution in [2.75, 3.05) is 13.1 Å². The van der Waals surface area contributed by atoms with Gasteiger partial charge in [-0.15, -0.1) is 10.7 Å². The molecule has 0 N–H and O–H groups in total. The van der Waals surface area contributed by atoms with Crippen LogP contribution in [0.25, 0.3) is 11.1 Å². The summed E-state index contributed by atoms with van der Waals surface area (Å²) >= 11 is 0. The Labute approximate surface area is 178 Å². The predicted molar refractivity (Wildman–Crippen MR) is 119 cm³/mol.